The molecule has 3 rings (SSSR count). The number of amides is 2. The van der Waals surface area contributed by atoms with Gasteiger partial charge in [-0.25, -0.2) is 4.39 Å². The van der Waals surface area contributed by atoms with Crippen LogP contribution in [0.3, 0.4) is 0 Å². The minimum absolute atomic E-state index is 0.0339. The van der Waals surface area contributed by atoms with Gasteiger partial charge in [0.2, 0.25) is 11.8 Å². The highest BCUT2D eigenvalue weighted by Gasteiger charge is 2.33. The molecule has 2 amide bonds. The van der Waals surface area contributed by atoms with Crippen LogP contribution in [-0.4, -0.2) is 67.6 Å². The second-order valence-corrected chi connectivity index (χ2v) is 8.07. The number of likely N-dealkylation sites (tertiary alicyclic amines) is 1. The molecule has 29 heavy (non-hydrogen) atoms. The van der Waals surface area contributed by atoms with Crippen molar-refractivity contribution in [3.8, 4) is 0 Å². The summed E-state index contributed by atoms with van der Waals surface area (Å²) < 4.78 is 18.6. The molecular weight excluding hydrogens is 373 g/mol. The average Bonchev–Trinajstić information content (AvgIpc) is 2.71. The number of piperazine rings is 1. The average molecular weight is 406 g/mol. The highest BCUT2D eigenvalue weighted by molar-refractivity contribution is 5.88. The third-order valence-electron chi connectivity index (χ3n) is 6.01. The fourth-order valence-corrected chi connectivity index (χ4v) is 4.32. The molecule has 0 aromatic heterocycles. The van der Waals surface area contributed by atoms with Gasteiger partial charge in [-0.05, 0) is 49.3 Å². The summed E-state index contributed by atoms with van der Waals surface area (Å²) in [7, 11) is 1.72. The smallest absolute Gasteiger partial charge is 0.237 e. The normalized spacial score (nSPS) is 21.2. The van der Waals surface area contributed by atoms with Gasteiger partial charge in [-0.15, -0.1) is 0 Å². The summed E-state index contributed by atoms with van der Waals surface area (Å²) in [5.41, 5.74) is 0.814. The molecule has 0 spiro atoms. The lowest BCUT2D eigenvalue weighted by Crippen LogP contribution is -2.56. The van der Waals surface area contributed by atoms with Crippen LogP contribution in [0.4, 0.5) is 4.39 Å². The van der Waals surface area contributed by atoms with E-state index in [9.17, 15) is 14.0 Å². The van der Waals surface area contributed by atoms with E-state index in [1.165, 1.54) is 12.1 Å². The predicted molar refractivity (Wildman–Crippen MR) is 109 cm³/mol. The van der Waals surface area contributed by atoms with E-state index in [-0.39, 0.29) is 24.1 Å². The number of nitrogens with one attached hydrogen (secondary N) is 1. The van der Waals surface area contributed by atoms with Gasteiger partial charge in [0.1, 0.15) is 5.82 Å². The largest absolute Gasteiger partial charge is 0.385 e. The van der Waals surface area contributed by atoms with E-state index in [0.29, 0.717) is 25.6 Å². The summed E-state index contributed by atoms with van der Waals surface area (Å²) in [6, 6.07) is 5.92. The Labute approximate surface area is 172 Å². The quantitative estimate of drug-likeness (QED) is 0.674. The molecule has 0 unspecified atom stereocenters. The number of hydrogen-bond donors (Lipinski definition) is 1. The van der Waals surface area contributed by atoms with Crippen molar-refractivity contribution in [2.24, 2.45) is 5.92 Å². The molecule has 160 valence electrons. The number of hydrogen-bond acceptors (Lipinski definition) is 4. The van der Waals surface area contributed by atoms with E-state index in [0.717, 1.165) is 50.9 Å². The lowest BCUT2D eigenvalue weighted by Gasteiger charge is -2.37. The molecule has 0 aliphatic carbocycles. The van der Waals surface area contributed by atoms with Gasteiger partial charge in [-0.1, -0.05) is 12.1 Å². The molecule has 7 heteroatoms. The lowest BCUT2D eigenvalue weighted by atomic mass is 9.92. The molecule has 2 heterocycles. The van der Waals surface area contributed by atoms with Crippen LogP contribution in [0, 0.1) is 11.7 Å². The number of ether oxygens (including phenoxy) is 1. The molecule has 2 fully saturated rings. The van der Waals surface area contributed by atoms with Gasteiger partial charge in [0.25, 0.3) is 0 Å². The molecular formula is C22H32FN3O3. The minimum atomic E-state index is -0.501. The monoisotopic (exact) mass is 405 g/mol. The highest BCUT2D eigenvalue weighted by atomic mass is 19.1. The summed E-state index contributed by atoms with van der Waals surface area (Å²) in [5, 5.41) is 2.87. The Balaban J connectivity index is 1.53. The second-order valence-electron chi connectivity index (χ2n) is 8.07. The highest BCUT2D eigenvalue weighted by Crippen LogP contribution is 2.23. The molecule has 0 saturated carbocycles. The number of halogens is 1. The van der Waals surface area contributed by atoms with E-state index in [4.69, 9.17) is 4.74 Å². The lowest BCUT2D eigenvalue weighted by molar-refractivity contribution is -0.140. The van der Waals surface area contributed by atoms with Crippen molar-refractivity contribution in [1.29, 1.82) is 0 Å². The first kappa shape index (κ1) is 21.7. The summed E-state index contributed by atoms with van der Waals surface area (Å²) >= 11 is 0. The molecule has 1 aromatic rings. The Morgan fingerprint density at radius 2 is 2.07 bits per heavy atom. The van der Waals surface area contributed by atoms with Gasteiger partial charge in [0.05, 0.1) is 12.5 Å². The first-order chi connectivity index (χ1) is 14.1. The molecule has 1 aromatic carbocycles. The van der Waals surface area contributed by atoms with Crippen LogP contribution in [-0.2, 0) is 20.9 Å². The zero-order chi connectivity index (χ0) is 20.6. The van der Waals surface area contributed by atoms with Crippen LogP contribution in [0.5, 0.6) is 0 Å². The molecule has 6 nitrogen and oxygen atoms in total. The van der Waals surface area contributed by atoms with Crippen molar-refractivity contribution in [3.05, 3.63) is 35.6 Å². The SMILES string of the molecule is COCCCC1CCN(C(=O)C[C@H]2C(=O)NCCN2Cc2cccc(F)c2)CC1. The van der Waals surface area contributed by atoms with Gasteiger partial charge in [0, 0.05) is 46.4 Å². The van der Waals surface area contributed by atoms with Crippen molar-refractivity contribution < 1.29 is 18.7 Å². The topological polar surface area (TPSA) is 61.9 Å². The maximum atomic E-state index is 13.5. The van der Waals surface area contributed by atoms with Crippen LogP contribution in [0.1, 0.15) is 37.7 Å². The molecule has 1 N–H and O–H groups in total. The second kappa shape index (κ2) is 10.7. The summed E-state index contributed by atoms with van der Waals surface area (Å²) in [5.74, 6) is 0.281. The Kier molecular flexibility index (Phi) is 8.00. The van der Waals surface area contributed by atoms with Crippen molar-refractivity contribution in [2.45, 2.75) is 44.7 Å². The third kappa shape index (κ3) is 6.24. The summed E-state index contributed by atoms with van der Waals surface area (Å²) in [6.07, 6.45) is 4.41. The first-order valence-electron chi connectivity index (χ1n) is 10.6. The van der Waals surface area contributed by atoms with E-state index >= 15 is 0 Å². The number of carbonyl (C=O) groups is 2. The predicted octanol–water partition coefficient (Wildman–Crippen LogP) is 2.18. The Hall–Kier alpha value is -1.99. The van der Waals surface area contributed by atoms with Crippen LogP contribution in [0.2, 0.25) is 0 Å². The van der Waals surface area contributed by atoms with Gasteiger partial charge >= 0.3 is 0 Å². The molecule has 2 aliphatic heterocycles. The van der Waals surface area contributed by atoms with Crippen molar-refractivity contribution in [2.75, 3.05) is 39.9 Å². The molecule has 2 saturated heterocycles. The van der Waals surface area contributed by atoms with Crippen molar-refractivity contribution in [3.63, 3.8) is 0 Å². The van der Waals surface area contributed by atoms with E-state index in [1.807, 2.05) is 15.9 Å². The number of methoxy groups -OCH3 is 1. The number of benzene rings is 1. The number of rotatable bonds is 8. The summed E-state index contributed by atoms with van der Waals surface area (Å²) in [6.45, 7) is 3.97. The minimum Gasteiger partial charge on any atom is -0.385 e. The van der Waals surface area contributed by atoms with E-state index < -0.39 is 6.04 Å². The Morgan fingerprint density at radius 1 is 1.28 bits per heavy atom. The zero-order valence-electron chi connectivity index (χ0n) is 17.2. The third-order valence-corrected chi connectivity index (χ3v) is 6.01. The van der Waals surface area contributed by atoms with Gasteiger partial charge in [-0.2, -0.15) is 0 Å². The van der Waals surface area contributed by atoms with Crippen LogP contribution in [0.15, 0.2) is 24.3 Å². The fourth-order valence-electron chi connectivity index (χ4n) is 4.32. The Bertz CT molecular complexity index is 692. The Morgan fingerprint density at radius 3 is 2.79 bits per heavy atom. The van der Waals surface area contributed by atoms with E-state index in [2.05, 4.69) is 5.32 Å². The van der Waals surface area contributed by atoms with Gasteiger partial charge in [-0.3, -0.25) is 14.5 Å². The standard InChI is InChI=1S/C22H32FN3O3/c1-29-13-3-5-17-7-10-25(11-8-17)21(27)15-20-22(28)24-9-12-26(20)16-18-4-2-6-19(23)14-18/h2,4,6,14,17,20H,3,5,7-13,15-16H2,1H3,(H,24,28)/t20-/m0/s1. The fraction of sp³-hybridized carbons (Fsp3) is 0.636. The maximum Gasteiger partial charge on any atom is 0.237 e. The van der Waals surface area contributed by atoms with Crippen molar-refractivity contribution >= 4 is 11.8 Å². The van der Waals surface area contributed by atoms with Crippen LogP contribution >= 0.6 is 0 Å². The van der Waals surface area contributed by atoms with Gasteiger partial charge < -0.3 is 15.0 Å². The number of carbonyl (C=O) groups excluding carboxylic acids is 2. The first-order valence-corrected chi connectivity index (χ1v) is 10.6. The molecule has 2 aliphatic rings. The number of piperidine rings is 1. The van der Waals surface area contributed by atoms with Gasteiger partial charge in [0.15, 0.2) is 0 Å². The number of nitrogens with zero attached hydrogens (tertiary/aromatic N) is 2. The molecule has 1 atom stereocenters. The van der Waals surface area contributed by atoms with Crippen LogP contribution in [0.25, 0.3) is 0 Å². The zero-order valence-corrected chi connectivity index (χ0v) is 17.2. The maximum absolute atomic E-state index is 13.5. The summed E-state index contributed by atoms with van der Waals surface area (Å²) in [4.78, 5) is 29.2. The van der Waals surface area contributed by atoms with E-state index in [1.54, 1.807) is 13.2 Å². The van der Waals surface area contributed by atoms with Crippen molar-refractivity contribution in [1.82, 2.24) is 15.1 Å². The molecule has 0 radical (unpaired) electrons. The molecule has 0 bridgehead atoms. The van der Waals surface area contributed by atoms with Crippen LogP contribution < -0.4 is 5.32 Å².